The average Bonchev–Trinajstić information content (AvgIpc) is 3.11. The molecule has 0 fully saturated rings. The highest BCUT2D eigenvalue weighted by Gasteiger charge is 2.22. The van der Waals surface area contributed by atoms with Crippen molar-refractivity contribution >= 4 is 17.6 Å². The highest BCUT2D eigenvalue weighted by molar-refractivity contribution is 5.92. The van der Waals surface area contributed by atoms with Crippen molar-refractivity contribution in [1.82, 2.24) is 19.5 Å². The van der Waals surface area contributed by atoms with E-state index in [0.717, 1.165) is 34.6 Å². The maximum absolute atomic E-state index is 12.7. The Kier molecular flexibility index (Phi) is 4.73. The average molecular weight is 378 g/mol. The first-order chi connectivity index (χ1) is 13.6. The molecule has 0 saturated heterocycles. The summed E-state index contributed by atoms with van der Waals surface area (Å²) in [5.74, 6) is 1.26. The van der Waals surface area contributed by atoms with E-state index in [0.29, 0.717) is 24.6 Å². The van der Waals surface area contributed by atoms with E-state index >= 15 is 0 Å². The molecule has 0 N–H and O–H groups in total. The molecule has 144 valence electrons. The van der Waals surface area contributed by atoms with Crippen molar-refractivity contribution in [3.63, 3.8) is 0 Å². The lowest BCUT2D eigenvalue weighted by molar-refractivity contribution is -0.126. The van der Waals surface area contributed by atoms with Gasteiger partial charge in [0.15, 0.2) is 17.1 Å². The molecule has 0 saturated carbocycles. The Morgan fingerprint density at radius 1 is 1.18 bits per heavy atom. The molecule has 3 aromatic rings. The van der Waals surface area contributed by atoms with Gasteiger partial charge in [0.1, 0.15) is 0 Å². The van der Waals surface area contributed by atoms with E-state index in [-0.39, 0.29) is 5.91 Å². The van der Waals surface area contributed by atoms with E-state index in [1.54, 1.807) is 26.4 Å². The molecule has 3 heterocycles. The maximum Gasteiger partial charge on any atom is 0.246 e. The lowest BCUT2D eigenvalue weighted by atomic mass is 10.1. The van der Waals surface area contributed by atoms with Crippen molar-refractivity contribution in [1.29, 1.82) is 0 Å². The third-order valence-electron chi connectivity index (χ3n) is 4.91. The van der Waals surface area contributed by atoms with Crippen LogP contribution in [-0.2, 0) is 17.8 Å². The quantitative estimate of drug-likeness (QED) is 0.653. The van der Waals surface area contributed by atoms with Gasteiger partial charge < -0.3 is 14.4 Å². The Morgan fingerprint density at radius 2 is 2.00 bits per heavy atom. The second-order valence-electron chi connectivity index (χ2n) is 6.74. The Labute approximate surface area is 163 Å². The van der Waals surface area contributed by atoms with E-state index in [4.69, 9.17) is 9.47 Å². The molecule has 0 bridgehead atoms. The predicted octanol–water partition coefficient (Wildman–Crippen LogP) is 2.65. The van der Waals surface area contributed by atoms with Crippen molar-refractivity contribution in [3.05, 3.63) is 59.1 Å². The Hall–Kier alpha value is -3.35. The predicted molar refractivity (Wildman–Crippen MR) is 105 cm³/mol. The molecule has 0 spiro atoms. The molecule has 7 nitrogen and oxygen atoms in total. The third kappa shape index (κ3) is 3.31. The van der Waals surface area contributed by atoms with Crippen LogP contribution in [0.3, 0.4) is 0 Å². The van der Waals surface area contributed by atoms with Crippen LogP contribution < -0.4 is 9.47 Å². The van der Waals surface area contributed by atoms with Gasteiger partial charge in [-0.05, 0) is 30.7 Å². The molecule has 1 aliphatic heterocycles. The zero-order chi connectivity index (χ0) is 19.7. The van der Waals surface area contributed by atoms with E-state index in [1.807, 2.05) is 46.8 Å². The molecule has 0 radical (unpaired) electrons. The molecular formula is C21H22N4O3. The summed E-state index contributed by atoms with van der Waals surface area (Å²) in [5.41, 5.74) is 4.83. The van der Waals surface area contributed by atoms with Gasteiger partial charge in [-0.25, -0.2) is 9.50 Å². The van der Waals surface area contributed by atoms with Crippen LogP contribution in [0.25, 0.3) is 11.7 Å². The minimum atomic E-state index is -0.0304. The van der Waals surface area contributed by atoms with Gasteiger partial charge in [-0.1, -0.05) is 6.07 Å². The van der Waals surface area contributed by atoms with Crippen molar-refractivity contribution in [3.8, 4) is 11.5 Å². The van der Waals surface area contributed by atoms with Crippen LogP contribution in [0.1, 0.15) is 22.5 Å². The molecule has 1 aliphatic rings. The molecular weight excluding hydrogens is 356 g/mol. The topological polar surface area (TPSA) is 69.0 Å². The van der Waals surface area contributed by atoms with Gasteiger partial charge in [0.05, 0.1) is 25.6 Å². The van der Waals surface area contributed by atoms with Gasteiger partial charge in [-0.15, -0.1) is 0 Å². The summed E-state index contributed by atoms with van der Waals surface area (Å²) in [7, 11) is 3.19. The van der Waals surface area contributed by atoms with Gasteiger partial charge >= 0.3 is 0 Å². The summed E-state index contributed by atoms with van der Waals surface area (Å²) >= 11 is 0. The van der Waals surface area contributed by atoms with Crippen molar-refractivity contribution in [2.24, 2.45) is 0 Å². The van der Waals surface area contributed by atoms with Crippen LogP contribution in [-0.4, -0.2) is 46.2 Å². The number of ether oxygens (including phenoxy) is 2. The molecule has 28 heavy (non-hydrogen) atoms. The normalized spacial score (nSPS) is 13.8. The smallest absolute Gasteiger partial charge is 0.246 e. The fourth-order valence-corrected chi connectivity index (χ4v) is 3.47. The summed E-state index contributed by atoms with van der Waals surface area (Å²) in [4.78, 5) is 18.9. The summed E-state index contributed by atoms with van der Waals surface area (Å²) in [6.45, 7) is 3.14. The third-order valence-corrected chi connectivity index (χ3v) is 4.91. The fourth-order valence-electron chi connectivity index (χ4n) is 3.47. The van der Waals surface area contributed by atoms with Gasteiger partial charge in [0, 0.05) is 43.4 Å². The van der Waals surface area contributed by atoms with E-state index < -0.39 is 0 Å². The minimum Gasteiger partial charge on any atom is -0.493 e. The summed E-state index contributed by atoms with van der Waals surface area (Å²) in [5, 5.41) is 4.52. The first-order valence-corrected chi connectivity index (χ1v) is 9.11. The molecule has 1 amide bonds. The van der Waals surface area contributed by atoms with Crippen LogP contribution in [0.15, 0.2) is 36.5 Å². The summed E-state index contributed by atoms with van der Waals surface area (Å²) in [6, 6.07) is 7.51. The van der Waals surface area contributed by atoms with Gasteiger partial charge in [0.25, 0.3) is 0 Å². The van der Waals surface area contributed by atoms with Gasteiger partial charge in [-0.3, -0.25) is 4.79 Å². The molecule has 1 aromatic carbocycles. The van der Waals surface area contributed by atoms with E-state index in [1.165, 1.54) is 0 Å². The number of nitrogens with zero attached hydrogens (tertiary/aromatic N) is 4. The van der Waals surface area contributed by atoms with Crippen LogP contribution in [0, 0.1) is 6.92 Å². The second kappa shape index (κ2) is 7.34. The number of benzene rings is 1. The zero-order valence-electron chi connectivity index (χ0n) is 16.2. The van der Waals surface area contributed by atoms with Crippen molar-refractivity contribution < 1.29 is 14.3 Å². The van der Waals surface area contributed by atoms with Crippen LogP contribution in [0.4, 0.5) is 0 Å². The number of aryl methyl sites for hydroxylation is 1. The monoisotopic (exact) mass is 378 g/mol. The zero-order valence-corrected chi connectivity index (χ0v) is 16.2. The highest BCUT2D eigenvalue weighted by Crippen LogP contribution is 2.28. The highest BCUT2D eigenvalue weighted by atomic mass is 16.5. The van der Waals surface area contributed by atoms with Gasteiger partial charge in [0.2, 0.25) is 5.91 Å². The minimum absolute atomic E-state index is 0.0304. The summed E-state index contributed by atoms with van der Waals surface area (Å²) in [6.07, 6.45) is 5.99. The van der Waals surface area contributed by atoms with E-state index in [2.05, 4.69) is 10.1 Å². The van der Waals surface area contributed by atoms with Gasteiger partial charge in [-0.2, -0.15) is 5.10 Å². The van der Waals surface area contributed by atoms with Crippen LogP contribution in [0.5, 0.6) is 11.5 Å². The molecule has 2 aromatic heterocycles. The molecule has 0 atom stereocenters. The van der Waals surface area contributed by atoms with Crippen LogP contribution >= 0.6 is 0 Å². The Morgan fingerprint density at radius 3 is 2.79 bits per heavy atom. The first-order valence-electron chi connectivity index (χ1n) is 9.11. The number of hydrogen-bond acceptors (Lipinski definition) is 5. The lowest BCUT2D eigenvalue weighted by Crippen LogP contribution is -2.36. The molecule has 0 unspecified atom stereocenters. The largest absolute Gasteiger partial charge is 0.493 e. The Balaban J connectivity index is 1.50. The number of fused-ring (bicyclic) bond motifs is 3. The molecule has 7 heteroatoms. The molecule has 0 aliphatic carbocycles. The van der Waals surface area contributed by atoms with E-state index in [9.17, 15) is 4.79 Å². The standard InChI is InChI=1S/C21H22N4O3/c1-14-10-20-22-12-16-13-24(9-8-17(16)25(20)23-14)21(26)7-5-15-4-6-18(27-2)19(11-15)28-3/h4-7,10-12H,8-9,13H2,1-3H3/b7-5+. The SMILES string of the molecule is COc1ccc(/C=C/C(=O)N2CCc3c(cnc4cc(C)nn34)C2)cc1OC. The number of carbonyl (C=O) groups excluding carboxylic acids is 1. The lowest BCUT2D eigenvalue weighted by Gasteiger charge is -2.27. The number of hydrogen-bond donors (Lipinski definition) is 0. The number of carbonyl (C=O) groups is 1. The number of rotatable bonds is 4. The Bertz CT molecular complexity index is 1070. The maximum atomic E-state index is 12.7. The number of methoxy groups -OCH3 is 2. The van der Waals surface area contributed by atoms with Crippen LogP contribution in [0.2, 0.25) is 0 Å². The second-order valence-corrected chi connectivity index (χ2v) is 6.74. The summed E-state index contributed by atoms with van der Waals surface area (Å²) < 4.78 is 12.4. The molecule has 4 rings (SSSR count). The fraction of sp³-hybridized carbons (Fsp3) is 0.286. The van der Waals surface area contributed by atoms with Crippen molar-refractivity contribution in [2.45, 2.75) is 19.9 Å². The first kappa shape index (κ1) is 18.0. The number of amides is 1. The van der Waals surface area contributed by atoms with Crippen molar-refractivity contribution in [2.75, 3.05) is 20.8 Å². The number of aromatic nitrogens is 3.